The number of nitro benzene ring substituents is 1. The van der Waals surface area contributed by atoms with Crippen molar-refractivity contribution in [2.75, 3.05) is 24.7 Å². The SMILES string of the molecule is NC(=O)[C@H]1[C@@H]2C(=O)O[C@@H](c3ccccc3)[C@@H](c3ccccc3)N2[C@@H](c2cccc(OCCO)c2)[C@]12C(=O)N(C(=O)OCc1ccc([N+](=O)[O-])cc1)c1ccc(C#CCCO)cc12. The molecule has 3 aliphatic heterocycles. The van der Waals surface area contributed by atoms with Gasteiger partial charge in [0.1, 0.15) is 36.5 Å². The van der Waals surface area contributed by atoms with Crippen LogP contribution >= 0.6 is 0 Å². The van der Waals surface area contributed by atoms with Crippen molar-refractivity contribution in [3.05, 3.63) is 171 Å². The summed E-state index contributed by atoms with van der Waals surface area (Å²) in [6, 6.07) is 31.5. The second-order valence-electron chi connectivity index (χ2n) is 14.9. The number of benzene rings is 5. The summed E-state index contributed by atoms with van der Waals surface area (Å²) < 4.78 is 17.9. The predicted molar refractivity (Wildman–Crippen MR) is 222 cm³/mol. The van der Waals surface area contributed by atoms with Crippen LogP contribution in [0.1, 0.15) is 58.0 Å². The first-order valence-electron chi connectivity index (χ1n) is 19.8. The molecule has 15 nitrogen and oxygen atoms in total. The second-order valence-corrected chi connectivity index (χ2v) is 14.9. The fraction of sp³-hybridized carbons (Fsp3) is 0.234. The van der Waals surface area contributed by atoms with Crippen molar-refractivity contribution in [1.82, 2.24) is 4.90 Å². The molecule has 4 N–H and O–H groups in total. The molecule has 5 aromatic carbocycles. The number of cyclic esters (lactones) is 1. The van der Waals surface area contributed by atoms with Gasteiger partial charge in [0.25, 0.3) is 5.69 Å². The van der Waals surface area contributed by atoms with E-state index in [-0.39, 0.29) is 49.8 Å². The van der Waals surface area contributed by atoms with Crippen LogP contribution in [0.2, 0.25) is 0 Å². The van der Waals surface area contributed by atoms with Crippen LogP contribution in [0.5, 0.6) is 5.75 Å². The molecule has 62 heavy (non-hydrogen) atoms. The largest absolute Gasteiger partial charge is 0.491 e. The summed E-state index contributed by atoms with van der Waals surface area (Å²) in [5.41, 5.74) is 6.82. The molecule has 0 bridgehead atoms. The van der Waals surface area contributed by atoms with Gasteiger partial charge in [-0.1, -0.05) is 84.6 Å². The molecule has 0 unspecified atom stereocenters. The van der Waals surface area contributed by atoms with Crippen LogP contribution in [0.4, 0.5) is 16.2 Å². The van der Waals surface area contributed by atoms with E-state index in [9.17, 15) is 34.7 Å². The normalized spacial score (nSPS) is 22.5. The van der Waals surface area contributed by atoms with E-state index in [1.165, 1.54) is 30.3 Å². The molecule has 3 amide bonds. The highest BCUT2D eigenvalue weighted by atomic mass is 16.6. The number of morpholine rings is 1. The number of carbonyl (C=O) groups excluding carboxylic acids is 4. The van der Waals surface area contributed by atoms with E-state index in [0.717, 1.165) is 4.90 Å². The number of amides is 3. The lowest BCUT2D eigenvalue weighted by Crippen LogP contribution is -2.55. The second kappa shape index (κ2) is 17.3. The van der Waals surface area contributed by atoms with E-state index >= 15 is 4.79 Å². The molecule has 15 heteroatoms. The van der Waals surface area contributed by atoms with Crippen molar-refractivity contribution in [3.63, 3.8) is 0 Å². The van der Waals surface area contributed by atoms with Crippen LogP contribution < -0.4 is 15.4 Å². The van der Waals surface area contributed by atoms with Gasteiger partial charge in [-0.15, -0.1) is 0 Å². The Balaban J connectivity index is 1.38. The van der Waals surface area contributed by atoms with Crippen LogP contribution in [0.15, 0.2) is 127 Å². The molecule has 6 atom stereocenters. The number of imide groups is 1. The van der Waals surface area contributed by atoms with E-state index < -0.39 is 64.4 Å². The molecule has 2 fully saturated rings. The zero-order valence-corrected chi connectivity index (χ0v) is 33.0. The highest BCUT2D eigenvalue weighted by molar-refractivity contribution is 6.23. The van der Waals surface area contributed by atoms with Gasteiger partial charge in [-0.2, -0.15) is 0 Å². The molecule has 0 radical (unpaired) electrons. The smallest absolute Gasteiger partial charge is 0.421 e. The minimum atomic E-state index is -2.14. The average Bonchev–Trinajstić information content (AvgIpc) is 3.75. The number of fused-ring (bicyclic) bond motifs is 3. The Labute approximate surface area is 355 Å². The third-order valence-corrected chi connectivity index (χ3v) is 11.5. The van der Waals surface area contributed by atoms with Crippen LogP contribution in [0, 0.1) is 27.9 Å². The number of aliphatic hydroxyl groups is 2. The van der Waals surface area contributed by atoms with E-state index in [4.69, 9.17) is 19.9 Å². The Morgan fingerprint density at radius 1 is 0.839 bits per heavy atom. The minimum Gasteiger partial charge on any atom is -0.491 e. The summed E-state index contributed by atoms with van der Waals surface area (Å²) >= 11 is 0. The molecule has 5 aromatic rings. The van der Waals surface area contributed by atoms with Gasteiger partial charge in [0.05, 0.1) is 41.8 Å². The topological polar surface area (TPSA) is 212 Å². The predicted octanol–water partition coefficient (Wildman–Crippen LogP) is 5.19. The monoisotopic (exact) mass is 836 g/mol. The van der Waals surface area contributed by atoms with Gasteiger partial charge in [-0.05, 0) is 70.3 Å². The van der Waals surface area contributed by atoms with E-state index in [1.807, 2.05) is 60.7 Å². The summed E-state index contributed by atoms with van der Waals surface area (Å²) in [4.78, 5) is 73.0. The van der Waals surface area contributed by atoms with E-state index in [1.54, 1.807) is 41.3 Å². The molecule has 0 aliphatic carbocycles. The Bertz CT molecular complexity index is 2600. The molecule has 2 saturated heterocycles. The van der Waals surface area contributed by atoms with Gasteiger partial charge in [-0.3, -0.25) is 29.4 Å². The minimum absolute atomic E-state index is 0.0458. The molecular formula is C47H40N4O11. The summed E-state index contributed by atoms with van der Waals surface area (Å²) in [6.07, 6.45) is -1.95. The lowest BCUT2D eigenvalue weighted by molar-refractivity contribution is -0.384. The number of aliphatic hydroxyl groups excluding tert-OH is 2. The molecule has 3 aliphatic rings. The quantitative estimate of drug-likeness (QED) is 0.0680. The van der Waals surface area contributed by atoms with Crippen LogP contribution in [0.3, 0.4) is 0 Å². The maximum absolute atomic E-state index is 16.0. The van der Waals surface area contributed by atoms with Gasteiger partial charge in [0.15, 0.2) is 0 Å². The number of nitrogens with zero attached hydrogens (tertiary/aromatic N) is 3. The van der Waals surface area contributed by atoms with Crippen LogP contribution in [-0.4, -0.2) is 69.8 Å². The summed E-state index contributed by atoms with van der Waals surface area (Å²) in [7, 11) is 0. The summed E-state index contributed by atoms with van der Waals surface area (Å²) in [5.74, 6) is 1.78. The van der Waals surface area contributed by atoms with Crippen LogP contribution in [0.25, 0.3) is 0 Å². The maximum Gasteiger partial charge on any atom is 0.421 e. The van der Waals surface area contributed by atoms with Crippen LogP contribution in [-0.2, 0) is 35.9 Å². The number of nitro groups is 1. The van der Waals surface area contributed by atoms with Gasteiger partial charge in [0, 0.05) is 24.1 Å². The number of rotatable bonds is 11. The van der Waals surface area contributed by atoms with Gasteiger partial charge in [-0.25, -0.2) is 9.69 Å². The van der Waals surface area contributed by atoms with Gasteiger partial charge < -0.3 is 30.2 Å². The van der Waals surface area contributed by atoms with Gasteiger partial charge in [0.2, 0.25) is 11.8 Å². The van der Waals surface area contributed by atoms with Crippen molar-refractivity contribution in [2.24, 2.45) is 11.7 Å². The first-order chi connectivity index (χ1) is 30.1. The third kappa shape index (κ3) is 7.19. The zero-order chi connectivity index (χ0) is 43.5. The number of non-ortho nitro benzene ring substituents is 1. The highest BCUT2D eigenvalue weighted by Gasteiger charge is 2.75. The molecule has 8 rings (SSSR count). The van der Waals surface area contributed by atoms with Crippen molar-refractivity contribution in [1.29, 1.82) is 0 Å². The lowest BCUT2D eigenvalue weighted by atomic mass is 9.65. The molecule has 0 aromatic heterocycles. The first kappa shape index (κ1) is 41.4. The first-order valence-corrected chi connectivity index (χ1v) is 19.8. The van der Waals surface area contributed by atoms with E-state index in [2.05, 4.69) is 11.8 Å². The molecular weight excluding hydrogens is 797 g/mol. The number of primary amides is 1. The van der Waals surface area contributed by atoms with Crippen molar-refractivity contribution in [2.45, 2.75) is 42.7 Å². The summed E-state index contributed by atoms with van der Waals surface area (Å²) in [5, 5.41) is 30.4. The van der Waals surface area contributed by atoms with Crippen molar-refractivity contribution < 1.29 is 48.5 Å². The number of hydrogen-bond acceptors (Lipinski definition) is 12. The Kier molecular flexibility index (Phi) is 11.5. The number of esters is 1. The fourth-order valence-corrected chi connectivity index (χ4v) is 9.08. The highest BCUT2D eigenvalue weighted by Crippen LogP contribution is 2.66. The summed E-state index contributed by atoms with van der Waals surface area (Å²) in [6.45, 7) is -0.941. The number of anilines is 1. The number of carbonyl (C=O) groups is 4. The van der Waals surface area contributed by atoms with Gasteiger partial charge >= 0.3 is 12.1 Å². The van der Waals surface area contributed by atoms with Crippen molar-refractivity contribution >= 4 is 35.3 Å². The lowest BCUT2D eigenvalue weighted by Gasteiger charge is -2.46. The molecule has 0 saturated carbocycles. The van der Waals surface area contributed by atoms with Crippen molar-refractivity contribution in [3.8, 4) is 17.6 Å². The maximum atomic E-state index is 16.0. The number of ether oxygens (including phenoxy) is 3. The standard InChI is InChI=1S/C47H40N4O11/c48-43(54)38-40-44(55)62-41(32-13-5-2-6-14-32)39(31-11-3-1-4-12-31)50(40)42(33-15-9-16-35(27-33)60-25-24-53)47(38)36-26-29(10-7-8-23-52)19-22-37(36)49(45(47)56)46(57)61-28-30-17-20-34(21-18-30)51(58)59/h1-6,9,11-22,26-27,38-42,52-53H,8,23-25,28H2,(H2,48,54)/t38-,39-,40-,41+,42+,47-/m1/s1. The fourth-order valence-electron chi connectivity index (χ4n) is 9.08. The average molecular weight is 837 g/mol. The molecule has 3 heterocycles. The molecule has 1 spiro atoms. The molecule has 314 valence electrons. The Morgan fingerprint density at radius 2 is 1.53 bits per heavy atom. The Morgan fingerprint density at radius 3 is 2.19 bits per heavy atom. The Hall–Kier alpha value is -7.38. The zero-order valence-electron chi connectivity index (χ0n) is 33.0. The number of hydrogen-bond donors (Lipinski definition) is 3. The number of nitrogens with two attached hydrogens (primary N) is 1. The van der Waals surface area contributed by atoms with E-state index in [0.29, 0.717) is 33.6 Å². The third-order valence-electron chi connectivity index (χ3n) is 11.5.